The summed E-state index contributed by atoms with van der Waals surface area (Å²) < 4.78 is 10.2. The van der Waals surface area contributed by atoms with Crippen molar-refractivity contribution in [3.8, 4) is 11.3 Å². The largest absolute Gasteiger partial charge is 0.376 e. The van der Waals surface area contributed by atoms with Crippen molar-refractivity contribution in [3.63, 3.8) is 0 Å². The Balaban J connectivity index is 1.62. The zero-order valence-corrected chi connectivity index (χ0v) is 15.6. The van der Waals surface area contributed by atoms with Gasteiger partial charge < -0.3 is 9.30 Å². The molecule has 0 spiro atoms. The molecule has 1 fully saturated rings. The van der Waals surface area contributed by atoms with Crippen LogP contribution in [0.3, 0.4) is 0 Å². The summed E-state index contributed by atoms with van der Waals surface area (Å²) in [5.41, 5.74) is 5.78. The number of ether oxygens (including phenoxy) is 1. The van der Waals surface area contributed by atoms with Gasteiger partial charge in [-0.15, -0.1) is 0 Å². The molecule has 0 unspecified atom stereocenters. The molecule has 0 saturated carbocycles. The third kappa shape index (κ3) is 3.58. The number of nitrogens with zero attached hydrogens (tertiary/aromatic N) is 4. The molecule has 1 aromatic carbocycles. The minimum absolute atomic E-state index is 0.306. The molecule has 3 heterocycles. The summed E-state index contributed by atoms with van der Waals surface area (Å²) in [6, 6.07) is 12.6. The van der Waals surface area contributed by atoms with Gasteiger partial charge in [0.15, 0.2) is 0 Å². The van der Waals surface area contributed by atoms with E-state index >= 15 is 0 Å². The fourth-order valence-electron chi connectivity index (χ4n) is 3.78. The SMILES string of the molecule is Cc1cc(C)n(CCc2c(-c3ccccc3)ncn2C[C@H]2CCCO2)n1. The second-order valence-corrected chi connectivity index (χ2v) is 7.09. The lowest BCUT2D eigenvalue weighted by molar-refractivity contribution is 0.0963. The Kier molecular flexibility index (Phi) is 4.89. The number of aryl methyl sites for hydroxylation is 3. The van der Waals surface area contributed by atoms with Crippen LogP contribution in [0.2, 0.25) is 0 Å². The topological polar surface area (TPSA) is 44.9 Å². The first-order chi connectivity index (χ1) is 12.7. The summed E-state index contributed by atoms with van der Waals surface area (Å²) in [5.74, 6) is 0. The molecule has 3 aromatic rings. The molecule has 0 radical (unpaired) electrons. The quantitative estimate of drug-likeness (QED) is 0.679. The van der Waals surface area contributed by atoms with Crippen LogP contribution in [0.5, 0.6) is 0 Å². The van der Waals surface area contributed by atoms with E-state index in [-0.39, 0.29) is 0 Å². The molecule has 0 N–H and O–H groups in total. The molecule has 1 atom stereocenters. The molecule has 5 heteroatoms. The maximum Gasteiger partial charge on any atom is 0.0956 e. The minimum Gasteiger partial charge on any atom is -0.376 e. The maximum absolute atomic E-state index is 5.85. The molecule has 4 rings (SSSR count). The lowest BCUT2D eigenvalue weighted by atomic mass is 10.1. The molecule has 2 aromatic heterocycles. The zero-order valence-electron chi connectivity index (χ0n) is 15.6. The number of aromatic nitrogens is 4. The lowest BCUT2D eigenvalue weighted by Crippen LogP contribution is -2.17. The van der Waals surface area contributed by atoms with E-state index in [0.717, 1.165) is 50.3 Å². The molecule has 136 valence electrons. The molecule has 0 aliphatic carbocycles. The van der Waals surface area contributed by atoms with Gasteiger partial charge in [0, 0.05) is 36.5 Å². The van der Waals surface area contributed by atoms with Crippen molar-refractivity contribution >= 4 is 0 Å². The molecule has 0 amide bonds. The maximum atomic E-state index is 5.85. The number of hydrogen-bond acceptors (Lipinski definition) is 3. The normalized spacial score (nSPS) is 17.1. The van der Waals surface area contributed by atoms with E-state index in [0.29, 0.717) is 6.10 Å². The van der Waals surface area contributed by atoms with Gasteiger partial charge in [0.1, 0.15) is 0 Å². The fourth-order valence-corrected chi connectivity index (χ4v) is 3.78. The predicted molar refractivity (Wildman–Crippen MR) is 102 cm³/mol. The number of benzene rings is 1. The first-order valence-electron chi connectivity index (χ1n) is 9.43. The van der Waals surface area contributed by atoms with Crippen LogP contribution in [0, 0.1) is 13.8 Å². The third-order valence-electron chi connectivity index (χ3n) is 5.08. The van der Waals surface area contributed by atoms with E-state index in [2.05, 4.69) is 51.6 Å². The molecular formula is C21H26N4O. The smallest absolute Gasteiger partial charge is 0.0956 e. The van der Waals surface area contributed by atoms with E-state index in [1.807, 2.05) is 19.3 Å². The molecule has 1 aliphatic rings. The molecule has 1 saturated heterocycles. The molecule has 1 aliphatic heterocycles. The first-order valence-corrected chi connectivity index (χ1v) is 9.43. The summed E-state index contributed by atoms with van der Waals surface area (Å²) in [5, 5.41) is 4.61. The van der Waals surface area contributed by atoms with Gasteiger partial charge in [0.25, 0.3) is 0 Å². The summed E-state index contributed by atoms with van der Waals surface area (Å²) in [6.07, 6.45) is 5.47. The highest BCUT2D eigenvalue weighted by Crippen LogP contribution is 2.25. The van der Waals surface area contributed by atoms with E-state index < -0.39 is 0 Å². The van der Waals surface area contributed by atoms with Crippen molar-refractivity contribution in [2.45, 2.75) is 52.3 Å². The zero-order chi connectivity index (χ0) is 17.9. The van der Waals surface area contributed by atoms with Crippen LogP contribution < -0.4 is 0 Å². The molecule has 26 heavy (non-hydrogen) atoms. The van der Waals surface area contributed by atoms with Crippen molar-refractivity contribution in [1.82, 2.24) is 19.3 Å². The lowest BCUT2D eigenvalue weighted by Gasteiger charge is -2.15. The van der Waals surface area contributed by atoms with Gasteiger partial charge in [-0.05, 0) is 32.8 Å². The van der Waals surface area contributed by atoms with Crippen molar-refractivity contribution in [2.24, 2.45) is 0 Å². The Morgan fingerprint density at radius 2 is 2.04 bits per heavy atom. The van der Waals surface area contributed by atoms with Gasteiger partial charge in [0.05, 0.1) is 30.4 Å². The van der Waals surface area contributed by atoms with Crippen LogP contribution in [-0.2, 0) is 24.2 Å². The van der Waals surface area contributed by atoms with E-state index in [1.165, 1.54) is 17.0 Å². The second-order valence-electron chi connectivity index (χ2n) is 7.09. The Morgan fingerprint density at radius 3 is 2.73 bits per heavy atom. The van der Waals surface area contributed by atoms with Crippen molar-refractivity contribution in [1.29, 1.82) is 0 Å². The van der Waals surface area contributed by atoms with E-state index in [1.54, 1.807) is 0 Å². The first kappa shape index (κ1) is 17.0. The van der Waals surface area contributed by atoms with Crippen molar-refractivity contribution in [3.05, 3.63) is 59.8 Å². The Morgan fingerprint density at radius 1 is 1.19 bits per heavy atom. The predicted octanol–water partition coefficient (Wildman–Crippen LogP) is 3.79. The highest BCUT2D eigenvalue weighted by atomic mass is 16.5. The van der Waals surface area contributed by atoms with Crippen LogP contribution in [0.4, 0.5) is 0 Å². The number of imidazole rings is 1. The molecular weight excluding hydrogens is 324 g/mol. The van der Waals surface area contributed by atoms with Crippen LogP contribution >= 0.6 is 0 Å². The van der Waals surface area contributed by atoms with Gasteiger partial charge in [-0.1, -0.05) is 30.3 Å². The number of rotatable bonds is 6. The van der Waals surface area contributed by atoms with Crippen LogP contribution in [0.25, 0.3) is 11.3 Å². The summed E-state index contributed by atoms with van der Waals surface area (Å²) in [6.45, 7) is 6.78. The third-order valence-corrected chi connectivity index (χ3v) is 5.08. The summed E-state index contributed by atoms with van der Waals surface area (Å²) >= 11 is 0. The number of hydrogen-bond donors (Lipinski definition) is 0. The average Bonchev–Trinajstić information content (AvgIpc) is 3.36. The Hall–Kier alpha value is -2.40. The molecule has 0 bridgehead atoms. The average molecular weight is 350 g/mol. The van der Waals surface area contributed by atoms with Gasteiger partial charge in [-0.2, -0.15) is 5.10 Å². The highest BCUT2D eigenvalue weighted by Gasteiger charge is 2.20. The monoisotopic (exact) mass is 350 g/mol. The standard InChI is InChI=1S/C21H26N4O/c1-16-13-17(2)25(23-16)11-10-20-21(18-7-4-3-5-8-18)22-15-24(20)14-19-9-6-12-26-19/h3-5,7-8,13,15,19H,6,9-12,14H2,1-2H3/t19-/m1/s1. The van der Waals surface area contributed by atoms with Crippen LogP contribution in [-0.4, -0.2) is 32.0 Å². The highest BCUT2D eigenvalue weighted by molar-refractivity contribution is 5.61. The van der Waals surface area contributed by atoms with E-state index in [4.69, 9.17) is 9.72 Å². The molecule has 5 nitrogen and oxygen atoms in total. The summed E-state index contributed by atoms with van der Waals surface area (Å²) in [7, 11) is 0. The van der Waals surface area contributed by atoms with Crippen LogP contribution in [0.1, 0.15) is 29.9 Å². The van der Waals surface area contributed by atoms with Gasteiger partial charge >= 0.3 is 0 Å². The van der Waals surface area contributed by atoms with Crippen molar-refractivity contribution < 1.29 is 4.74 Å². The second kappa shape index (κ2) is 7.46. The summed E-state index contributed by atoms with van der Waals surface area (Å²) in [4.78, 5) is 4.75. The Bertz CT molecular complexity index is 860. The minimum atomic E-state index is 0.306. The van der Waals surface area contributed by atoms with Crippen LogP contribution in [0.15, 0.2) is 42.7 Å². The Labute approximate surface area is 154 Å². The van der Waals surface area contributed by atoms with Gasteiger partial charge in [0.2, 0.25) is 0 Å². The van der Waals surface area contributed by atoms with Crippen molar-refractivity contribution in [2.75, 3.05) is 6.61 Å². The van der Waals surface area contributed by atoms with Gasteiger partial charge in [-0.25, -0.2) is 4.98 Å². The van der Waals surface area contributed by atoms with E-state index in [9.17, 15) is 0 Å². The fraction of sp³-hybridized carbons (Fsp3) is 0.429. The van der Waals surface area contributed by atoms with Gasteiger partial charge in [-0.3, -0.25) is 4.68 Å².